The monoisotopic (exact) mass is 271 g/mol. The number of nitrogens with zero attached hydrogens (tertiary/aromatic N) is 2. The number of hydrogen-bond donors (Lipinski definition) is 1. The second-order valence-corrected chi connectivity index (χ2v) is 7.20. The predicted molar refractivity (Wildman–Crippen MR) is 82.7 cm³/mol. The summed E-state index contributed by atoms with van der Waals surface area (Å²) in [4.78, 5) is 4.61. The molecule has 2 heterocycles. The van der Waals surface area contributed by atoms with Gasteiger partial charge >= 0.3 is 0 Å². The fraction of sp³-hybridized carbons (Fsp3) is 0.588. The quantitative estimate of drug-likeness (QED) is 0.923. The van der Waals surface area contributed by atoms with Crippen molar-refractivity contribution in [2.24, 2.45) is 16.7 Å². The molecule has 0 atom stereocenters. The van der Waals surface area contributed by atoms with Crippen molar-refractivity contribution in [2.75, 3.05) is 6.54 Å². The zero-order chi connectivity index (χ0) is 14.5. The third-order valence-corrected chi connectivity index (χ3v) is 5.79. The lowest BCUT2D eigenvalue weighted by Gasteiger charge is -2.07. The predicted octanol–water partition coefficient (Wildman–Crippen LogP) is 3.41. The van der Waals surface area contributed by atoms with Gasteiger partial charge < -0.3 is 9.72 Å². The maximum Gasteiger partial charge on any atom is 0.137 e. The highest BCUT2D eigenvalue weighted by molar-refractivity contribution is 5.42. The number of pyridine rings is 1. The molecule has 0 amide bonds. The Balaban J connectivity index is 1.68. The van der Waals surface area contributed by atoms with Crippen LogP contribution in [0.4, 0.5) is 0 Å². The molecule has 3 heteroatoms. The lowest BCUT2D eigenvalue weighted by molar-refractivity contribution is 0.457. The Morgan fingerprint density at radius 1 is 1.20 bits per heavy atom. The van der Waals surface area contributed by atoms with Gasteiger partial charge in [0.2, 0.25) is 0 Å². The van der Waals surface area contributed by atoms with Crippen LogP contribution in [0, 0.1) is 23.7 Å². The largest absolute Gasteiger partial charge is 0.311 e. The number of aromatic nitrogens is 2. The van der Waals surface area contributed by atoms with E-state index in [1.54, 1.807) is 0 Å². The van der Waals surface area contributed by atoms with Crippen molar-refractivity contribution in [2.45, 2.75) is 41.2 Å². The highest BCUT2D eigenvalue weighted by atomic mass is 15.0. The van der Waals surface area contributed by atoms with Crippen molar-refractivity contribution in [3.8, 4) is 0 Å². The summed E-state index contributed by atoms with van der Waals surface area (Å²) in [6, 6.07) is 6.16. The van der Waals surface area contributed by atoms with Gasteiger partial charge in [-0.1, -0.05) is 33.8 Å². The smallest absolute Gasteiger partial charge is 0.137 e. The molecule has 0 radical (unpaired) electrons. The zero-order valence-electron chi connectivity index (χ0n) is 13.2. The molecule has 3 nitrogen and oxygen atoms in total. The van der Waals surface area contributed by atoms with Crippen molar-refractivity contribution >= 4 is 5.65 Å². The van der Waals surface area contributed by atoms with E-state index in [4.69, 9.17) is 0 Å². The number of imidazole rings is 1. The van der Waals surface area contributed by atoms with Gasteiger partial charge in [0.25, 0.3) is 0 Å². The number of nitrogens with one attached hydrogen (secondary N) is 1. The van der Waals surface area contributed by atoms with Gasteiger partial charge in [-0.2, -0.15) is 0 Å². The van der Waals surface area contributed by atoms with E-state index in [9.17, 15) is 0 Å². The van der Waals surface area contributed by atoms with Crippen LogP contribution < -0.4 is 5.32 Å². The molecule has 1 aliphatic carbocycles. The van der Waals surface area contributed by atoms with Crippen LogP contribution in [0.25, 0.3) is 5.65 Å². The summed E-state index contributed by atoms with van der Waals surface area (Å²) in [6.45, 7) is 13.6. The summed E-state index contributed by atoms with van der Waals surface area (Å²) in [5.41, 5.74) is 4.34. The first-order chi connectivity index (χ1) is 9.35. The standard InChI is InChI=1S/C17H25N3/c1-12-13(20-9-7-6-8-15(20)19-12)10-18-11-14-16(2,3)17(14,4)5/h6-9,14,18H,10-11H2,1-5H3. The summed E-state index contributed by atoms with van der Waals surface area (Å²) >= 11 is 0. The van der Waals surface area contributed by atoms with E-state index in [0.717, 1.165) is 30.3 Å². The van der Waals surface area contributed by atoms with Crippen LogP contribution in [0.3, 0.4) is 0 Å². The fourth-order valence-corrected chi connectivity index (χ4v) is 3.56. The average molecular weight is 271 g/mol. The van der Waals surface area contributed by atoms with E-state index < -0.39 is 0 Å². The number of rotatable bonds is 4. The molecule has 1 N–H and O–H groups in total. The Kier molecular flexibility index (Phi) is 2.94. The molecule has 20 heavy (non-hydrogen) atoms. The topological polar surface area (TPSA) is 29.3 Å². The van der Waals surface area contributed by atoms with Gasteiger partial charge in [0.1, 0.15) is 5.65 Å². The van der Waals surface area contributed by atoms with Crippen LogP contribution in [-0.4, -0.2) is 15.9 Å². The Hall–Kier alpha value is -1.35. The molecule has 0 bridgehead atoms. The van der Waals surface area contributed by atoms with Crippen LogP contribution in [0.2, 0.25) is 0 Å². The van der Waals surface area contributed by atoms with Gasteiger partial charge in [-0.15, -0.1) is 0 Å². The number of fused-ring (bicyclic) bond motifs is 1. The molecule has 0 spiro atoms. The summed E-state index contributed by atoms with van der Waals surface area (Å²) in [5.74, 6) is 0.759. The molecule has 2 aromatic heterocycles. The number of hydrogen-bond acceptors (Lipinski definition) is 2. The SMILES string of the molecule is Cc1nc2ccccn2c1CNCC1C(C)(C)C1(C)C. The van der Waals surface area contributed by atoms with Gasteiger partial charge in [-0.3, -0.25) is 0 Å². The van der Waals surface area contributed by atoms with Gasteiger partial charge in [0.15, 0.2) is 0 Å². The van der Waals surface area contributed by atoms with E-state index in [-0.39, 0.29) is 0 Å². The Morgan fingerprint density at radius 2 is 1.90 bits per heavy atom. The van der Waals surface area contributed by atoms with E-state index >= 15 is 0 Å². The molecule has 2 aromatic rings. The normalized spacial score (nSPS) is 20.4. The highest BCUT2D eigenvalue weighted by Crippen LogP contribution is 2.67. The molecule has 0 unspecified atom stereocenters. The molecule has 0 aliphatic heterocycles. The van der Waals surface area contributed by atoms with E-state index in [2.05, 4.69) is 67.6 Å². The Bertz CT molecular complexity index is 623. The lowest BCUT2D eigenvalue weighted by Crippen LogP contribution is -2.20. The average Bonchev–Trinajstić information content (AvgIpc) is 2.67. The van der Waals surface area contributed by atoms with Crippen LogP contribution in [0.1, 0.15) is 39.1 Å². The van der Waals surface area contributed by atoms with Crippen molar-refractivity contribution in [3.63, 3.8) is 0 Å². The first kappa shape index (κ1) is 13.6. The molecular formula is C17H25N3. The third kappa shape index (κ3) is 1.87. The van der Waals surface area contributed by atoms with Gasteiger partial charge in [-0.25, -0.2) is 4.98 Å². The van der Waals surface area contributed by atoms with Gasteiger partial charge in [-0.05, 0) is 42.3 Å². The van der Waals surface area contributed by atoms with E-state index in [1.165, 1.54) is 5.69 Å². The summed E-state index contributed by atoms with van der Waals surface area (Å²) in [7, 11) is 0. The molecule has 0 aromatic carbocycles. The van der Waals surface area contributed by atoms with Crippen LogP contribution in [0.5, 0.6) is 0 Å². The molecular weight excluding hydrogens is 246 g/mol. The van der Waals surface area contributed by atoms with Crippen molar-refractivity contribution in [3.05, 3.63) is 35.8 Å². The summed E-state index contributed by atoms with van der Waals surface area (Å²) in [5, 5.41) is 3.63. The summed E-state index contributed by atoms with van der Waals surface area (Å²) in [6.07, 6.45) is 2.09. The maximum absolute atomic E-state index is 4.61. The lowest BCUT2D eigenvalue weighted by atomic mass is 10.0. The highest BCUT2D eigenvalue weighted by Gasteiger charge is 2.63. The third-order valence-electron chi connectivity index (χ3n) is 5.79. The van der Waals surface area contributed by atoms with Crippen LogP contribution >= 0.6 is 0 Å². The Labute approximate surface area is 121 Å². The summed E-state index contributed by atoms with van der Waals surface area (Å²) < 4.78 is 2.19. The van der Waals surface area contributed by atoms with Crippen molar-refractivity contribution in [1.29, 1.82) is 0 Å². The van der Waals surface area contributed by atoms with Crippen LogP contribution in [0.15, 0.2) is 24.4 Å². The maximum atomic E-state index is 4.61. The minimum Gasteiger partial charge on any atom is -0.311 e. The molecule has 1 saturated carbocycles. The van der Waals surface area contributed by atoms with Crippen LogP contribution in [-0.2, 0) is 6.54 Å². The van der Waals surface area contributed by atoms with Crippen molar-refractivity contribution < 1.29 is 0 Å². The molecule has 3 rings (SSSR count). The van der Waals surface area contributed by atoms with E-state index in [1.807, 2.05) is 6.07 Å². The van der Waals surface area contributed by atoms with E-state index in [0.29, 0.717) is 10.8 Å². The van der Waals surface area contributed by atoms with Gasteiger partial charge in [0, 0.05) is 12.7 Å². The molecule has 0 saturated heterocycles. The fourth-order valence-electron chi connectivity index (χ4n) is 3.56. The first-order valence-corrected chi connectivity index (χ1v) is 7.49. The van der Waals surface area contributed by atoms with Gasteiger partial charge in [0.05, 0.1) is 11.4 Å². The minimum absolute atomic E-state index is 0.453. The molecule has 108 valence electrons. The molecule has 1 fully saturated rings. The Morgan fingerprint density at radius 3 is 2.55 bits per heavy atom. The zero-order valence-corrected chi connectivity index (χ0v) is 13.2. The minimum atomic E-state index is 0.453. The molecule has 1 aliphatic rings. The second kappa shape index (κ2) is 4.32. The van der Waals surface area contributed by atoms with Crippen molar-refractivity contribution in [1.82, 2.24) is 14.7 Å². The number of aryl methyl sites for hydroxylation is 1. The second-order valence-electron chi connectivity index (χ2n) is 7.20. The first-order valence-electron chi connectivity index (χ1n) is 7.49.